The summed E-state index contributed by atoms with van der Waals surface area (Å²) in [7, 11) is -3.84. The van der Waals surface area contributed by atoms with Gasteiger partial charge in [-0.25, -0.2) is 13.2 Å². The molecule has 2 aromatic carbocycles. The average Bonchev–Trinajstić information content (AvgIpc) is 3.14. The molecule has 0 atom stereocenters. The van der Waals surface area contributed by atoms with Crippen LogP contribution in [0.25, 0.3) is 11.4 Å². The molecule has 150 valence electrons. The second-order valence-corrected chi connectivity index (χ2v) is 8.23. The summed E-state index contributed by atoms with van der Waals surface area (Å²) in [6.07, 6.45) is 0.834. The number of hydrogen-bond donors (Lipinski definition) is 0. The third kappa shape index (κ3) is 4.76. The Morgan fingerprint density at radius 3 is 2.55 bits per heavy atom. The highest BCUT2D eigenvalue weighted by Gasteiger charge is 2.24. The van der Waals surface area contributed by atoms with E-state index in [4.69, 9.17) is 20.9 Å². The molecule has 1 aromatic heterocycles. The second kappa shape index (κ2) is 7.97. The molecule has 0 unspecified atom stereocenters. The van der Waals surface area contributed by atoms with E-state index in [9.17, 15) is 23.3 Å². The number of carbonyl (C=O) groups excluding carboxylic acids is 1. The molecule has 29 heavy (non-hydrogen) atoms. The van der Waals surface area contributed by atoms with E-state index in [0.717, 1.165) is 24.5 Å². The Balaban J connectivity index is 1.74. The fourth-order valence-electron chi connectivity index (χ4n) is 2.34. The minimum atomic E-state index is -3.84. The first-order valence-electron chi connectivity index (χ1n) is 7.89. The fraction of sp³-hybridized carbons (Fsp3) is 0.118. The van der Waals surface area contributed by atoms with Crippen LogP contribution in [0.2, 0.25) is 5.02 Å². The van der Waals surface area contributed by atoms with E-state index in [1.165, 1.54) is 0 Å². The number of esters is 1. The SMILES string of the molecule is CS(=O)(=O)c1ccc(C(=O)OCc2nc(-c3ccc(Cl)cc3)no2)cc1[N+](=O)[O-]. The Labute approximate surface area is 169 Å². The van der Waals surface area contributed by atoms with Crippen LogP contribution >= 0.6 is 11.6 Å². The minimum absolute atomic E-state index is 0.00514. The van der Waals surface area contributed by atoms with Crippen LogP contribution in [0.15, 0.2) is 51.9 Å². The van der Waals surface area contributed by atoms with E-state index >= 15 is 0 Å². The summed E-state index contributed by atoms with van der Waals surface area (Å²) < 4.78 is 33.3. The van der Waals surface area contributed by atoms with Crippen LogP contribution in [-0.2, 0) is 21.2 Å². The highest BCUT2D eigenvalue weighted by Crippen LogP contribution is 2.25. The standard InChI is InChI=1S/C17H12ClN3O7S/c1-29(25,26)14-7-4-11(8-13(14)21(23)24)17(22)27-9-15-19-16(20-28-15)10-2-5-12(18)6-3-10/h2-8H,9H2,1H3. The van der Waals surface area contributed by atoms with E-state index in [2.05, 4.69) is 10.1 Å². The molecule has 0 aliphatic carbocycles. The number of rotatable bonds is 6. The molecule has 0 N–H and O–H groups in total. The number of nitro benzene ring substituents is 1. The molecule has 0 spiro atoms. The zero-order chi connectivity index (χ0) is 21.2. The molecule has 0 aliphatic heterocycles. The molecule has 3 rings (SSSR count). The third-order valence-electron chi connectivity index (χ3n) is 3.69. The maximum absolute atomic E-state index is 12.2. The van der Waals surface area contributed by atoms with Crippen molar-refractivity contribution in [2.75, 3.05) is 6.26 Å². The predicted octanol–water partition coefficient (Wildman–Crippen LogP) is 3.06. The molecule has 12 heteroatoms. The zero-order valence-corrected chi connectivity index (χ0v) is 16.3. The van der Waals surface area contributed by atoms with Crippen molar-refractivity contribution in [1.29, 1.82) is 0 Å². The van der Waals surface area contributed by atoms with Crippen LogP contribution in [0, 0.1) is 10.1 Å². The van der Waals surface area contributed by atoms with Gasteiger partial charge in [-0.3, -0.25) is 10.1 Å². The lowest BCUT2D eigenvalue weighted by Gasteiger charge is -2.04. The molecule has 0 saturated heterocycles. The lowest BCUT2D eigenvalue weighted by molar-refractivity contribution is -0.387. The van der Waals surface area contributed by atoms with E-state index in [-0.39, 0.29) is 23.9 Å². The molecule has 10 nitrogen and oxygen atoms in total. The Kier molecular flexibility index (Phi) is 5.62. The van der Waals surface area contributed by atoms with Gasteiger partial charge in [-0.05, 0) is 36.4 Å². The molecular formula is C17H12ClN3O7S. The first-order valence-corrected chi connectivity index (χ1v) is 10.2. The molecular weight excluding hydrogens is 426 g/mol. The van der Waals surface area contributed by atoms with Crippen molar-refractivity contribution in [3.8, 4) is 11.4 Å². The van der Waals surface area contributed by atoms with Gasteiger partial charge in [0, 0.05) is 22.9 Å². The summed E-state index contributed by atoms with van der Waals surface area (Å²) in [4.78, 5) is 26.0. The Bertz CT molecular complexity index is 1190. The molecule has 0 fully saturated rings. The van der Waals surface area contributed by atoms with E-state index < -0.39 is 31.3 Å². The van der Waals surface area contributed by atoms with Crippen LogP contribution in [0.4, 0.5) is 5.69 Å². The highest BCUT2D eigenvalue weighted by atomic mass is 35.5. The normalized spacial score (nSPS) is 11.2. The number of sulfone groups is 1. The van der Waals surface area contributed by atoms with Gasteiger partial charge in [0.15, 0.2) is 16.4 Å². The maximum atomic E-state index is 12.2. The monoisotopic (exact) mass is 437 g/mol. The summed E-state index contributed by atoms with van der Waals surface area (Å²) in [6, 6.07) is 9.62. The van der Waals surface area contributed by atoms with Gasteiger partial charge in [-0.1, -0.05) is 16.8 Å². The number of carbonyl (C=O) groups is 1. The number of nitrogens with zero attached hydrogens (tertiary/aromatic N) is 3. The Morgan fingerprint density at radius 2 is 1.93 bits per heavy atom. The second-order valence-electron chi connectivity index (χ2n) is 5.81. The van der Waals surface area contributed by atoms with Crippen LogP contribution in [-0.4, -0.2) is 35.7 Å². The van der Waals surface area contributed by atoms with Gasteiger partial charge in [-0.15, -0.1) is 0 Å². The highest BCUT2D eigenvalue weighted by molar-refractivity contribution is 7.90. The van der Waals surface area contributed by atoms with Gasteiger partial charge in [0.25, 0.3) is 11.6 Å². The van der Waals surface area contributed by atoms with E-state index in [1.54, 1.807) is 24.3 Å². The maximum Gasteiger partial charge on any atom is 0.338 e. The summed E-state index contributed by atoms with van der Waals surface area (Å²) in [5.41, 5.74) is -0.269. The van der Waals surface area contributed by atoms with Gasteiger partial charge in [0.05, 0.1) is 10.5 Å². The largest absolute Gasteiger partial charge is 0.452 e. The predicted molar refractivity (Wildman–Crippen MR) is 100 cm³/mol. The van der Waals surface area contributed by atoms with Crippen molar-refractivity contribution < 1.29 is 27.4 Å². The van der Waals surface area contributed by atoms with Crippen molar-refractivity contribution in [3.05, 3.63) is 69.1 Å². The number of aromatic nitrogens is 2. The van der Waals surface area contributed by atoms with Crippen molar-refractivity contribution in [3.63, 3.8) is 0 Å². The number of halogens is 1. The Hall–Kier alpha value is -3.31. The molecule has 0 amide bonds. The Morgan fingerprint density at radius 1 is 1.24 bits per heavy atom. The first-order chi connectivity index (χ1) is 13.6. The molecule has 0 aliphatic rings. The fourth-order valence-corrected chi connectivity index (χ4v) is 3.30. The van der Waals surface area contributed by atoms with Crippen LogP contribution in [0.3, 0.4) is 0 Å². The summed E-state index contributed by atoms with van der Waals surface area (Å²) >= 11 is 5.82. The minimum Gasteiger partial charge on any atom is -0.452 e. The lowest BCUT2D eigenvalue weighted by atomic mass is 10.2. The van der Waals surface area contributed by atoms with Crippen molar-refractivity contribution in [2.45, 2.75) is 11.5 Å². The summed E-state index contributed by atoms with van der Waals surface area (Å²) in [5, 5.41) is 15.4. The number of nitro groups is 1. The topological polar surface area (TPSA) is 142 Å². The molecule has 0 bridgehead atoms. The summed E-state index contributed by atoms with van der Waals surface area (Å²) in [5.74, 6) is -0.647. The van der Waals surface area contributed by atoms with Crippen LogP contribution in [0.1, 0.15) is 16.2 Å². The van der Waals surface area contributed by atoms with Crippen LogP contribution < -0.4 is 0 Å². The van der Waals surface area contributed by atoms with Crippen molar-refractivity contribution >= 4 is 33.1 Å². The number of hydrogen-bond acceptors (Lipinski definition) is 9. The quantitative estimate of drug-likeness (QED) is 0.323. The van der Waals surface area contributed by atoms with Crippen LogP contribution in [0.5, 0.6) is 0 Å². The van der Waals surface area contributed by atoms with E-state index in [0.29, 0.717) is 10.6 Å². The molecule has 1 heterocycles. The van der Waals surface area contributed by atoms with Gasteiger partial charge in [-0.2, -0.15) is 4.98 Å². The molecule has 3 aromatic rings. The first kappa shape index (κ1) is 20.4. The van der Waals surface area contributed by atoms with Gasteiger partial charge < -0.3 is 9.26 Å². The van der Waals surface area contributed by atoms with Crippen molar-refractivity contribution in [1.82, 2.24) is 10.1 Å². The average molecular weight is 438 g/mol. The lowest BCUT2D eigenvalue weighted by Crippen LogP contribution is -2.08. The smallest absolute Gasteiger partial charge is 0.338 e. The van der Waals surface area contributed by atoms with Gasteiger partial charge in [0.2, 0.25) is 5.82 Å². The zero-order valence-electron chi connectivity index (χ0n) is 14.7. The third-order valence-corrected chi connectivity index (χ3v) is 5.08. The van der Waals surface area contributed by atoms with Gasteiger partial charge in [0.1, 0.15) is 4.90 Å². The number of ether oxygens (including phenoxy) is 1. The summed E-state index contributed by atoms with van der Waals surface area (Å²) in [6.45, 7) is -0.374. The van der Waals surface area contributed by atoms with Gasteiger partial charge >= 0.3 is 5.97 Å². The molecule has 0 radical (unpaired) electrons. The van der Waals surface area contributed by atoms with E-state index in [1.807, 2.05) is 0 Å². The molecule has 0 saturated carbocycles. The number of benzene rings is 2. The van der Waals surface area contributed by atoms with Crippen molar-refractivity contribution in [2.24, 2.45) is 0 Å².